The molecule has 0 saturated carbocycles. The van der Waals surface area contributed by atoms with Crippen LogP contribution in [0.2, 0.25) is 0 Å². The van der Waals surface area contributed by atoms with Crippen LogP contribution in [0.25, 0.3) is 0 Å². The molecule has 0 bridgehead atoms. The van der Waals surface area contributed by atoms with E-state index in [0.717, 1.165) is 0 Å². The molecule has 1 saturated heterocycles. The van der Waals surface area contributed by atoms with E-state index in [0.29, 0.717) is 25.5 Å². The minimum atomic E-state index is -3.75. The van der Waals surface area contributed by atoms with E-state index in [1.54, 1.807) is 6.07 Å². The van der Waals surface area contributed by atoms with Crippen LogP contribution >= 0.6 is 0 Å². The summed E-state index contributed by atoms with van der Waals surface area (Å²) in [7, 11) is -2.42. The van der Waals surface area contributed by atoms with Gasteiger partial charge in [-0.15, -0.1) is 0 Å². The van der Waals surface area contributed by atoms with Crippen molar-refractivity contribution < 1.29 is 22.7 Å². The normalized spacial score (nSPS) is 19.3. The molecule has 9 heteroatoms. The van der Waals surface area contributed by atoms with Gasteiger partial charge in [-0.05, 0) is 12.1 Å². The standard InChI is InChI=1S/C12H17N3O5S/c1-19-12(16)6-9-8-15(4-5-20-9)11-3-2-10(7-14-11)21(13,17)18/h2-3,7,9H,4-6,8H2,1H3,(H2,13,17,18). The second-order valence-corrected chi connectivity index (χ2v) is 6.18. The number of sulfonamides is 1. The lowest BCUT2D eigenvalue weighted by Gasteiger charge is -2.33. The first-order valence-electron chi connectivity index (χ1n) is 6.32. The van der Waals surface area contributed by atoms with Crippen LogP contribution in [0, 0.1) is 0 Å². The van der Waals surface area contributed by atoms with E-state index in [9.17, 15) is 13.2 Å². The average molecular weight is 315 g/mol. The van der Waals surface area contributed by atoms with Gasteiger partial charge in [-0.3, -0.25) is 4.79 Å². The molecule has 2 rings (SSSR count). The summed E-state index contributed by atoms with van der Waals surface area (Å²) in [6.07, 6.45) is 1.11. The molecule has 0 spiro atoms. The van der Waals surface area contributed by atoms with E-state index in [2.05, 4.69) is 9.72 Å². The molecule has 1 unspecified atom stereocenters. The molecule has 1 atom stereocenters. The number of rotatable bonds is 4. The summed E-state index contributed by atoms with van der Waals surface area (Å²) in [6, 6.07) is 2.99. The number of nitrogens with zero attached hydrogens (tertiary/aromatic N) is 2. The minimum absolute atomic E-state index is 0.0365. The van der Waals surface area contributed by atoms with Gasteiger partial charge in [-0.1, -0.05) is 0 Å². The highest BCUT2D eigenvalue weighted by molar-refractivity contribution is 7.89. The zero-order valence-corrected chi connectivity index (χ0v) is 12.4. The van der Waals surface area contributed by atoms with E-state index in [4.69, 9.17) is 9.88 Å². The third-order valence-electron chi connectivity index (χ3n) is 3.13. The molecule has 0 radical (unpaired) electrons. The van der Waals surface area contributed by atoms with Gasteiger partial charge in [-0.25, -0.2) is 18.5 Å². The van der Waals surface area contributed by atoms with Crippen molar-refractivity contribution in [2.24, 2.45) is 5.14 Å². The molecule has 2 N–H and O–H groups in total. The van der Waals surface area contributed by atoms with Gasteiger partial charge in [0.1, 0.15) is 10.7 Å². The van der Waals surface area contributed by atoms with Gasteiger partial charge in [0, 0.05) is 19.3 Å². The Hall–Kier alpha value is -1.71. The van der Waals surface area contributed by atoms with Crippen molar-refractivity contribution in [3.8, 4) is 0 Å². The SMILES string of the molecule is COC(=O)CC1CN(c2ccc(S(N)(=O)=O)cn2)CCO1. The number of anilines is 1. The van der Waals surface area contributed by atoms with Crippen molar-refractivity contribution in [2.75, 3.05) is 31.7 Å². The van der Waals surface area contributed by atoms with Gasteiger partial charge in [0.05, 0.1) is 26.2 Å². The van der Waals surface area contributed by atoms with E-state index in [1.165, 1.54) is 19.4 Å². The predicted molar refractivity (Wildman–Crippen MR) is 74.2 cm³/mol. The summed E-state index contributed by atoms with van der Waals surface area (Å²) in [4.78, 5) is 17.2. The van der Waals surface area contributed by atoms with Crippen molar-refractivity contribution >= 4 is 21.8 Å². The number of ether oxygens (including phenoxy) is 2. The lowest BCUT2D eigenvalue weighted by Crippen LogP contribution is -2.43. The van der Waals surface area contributed by atoms with Gasteiger partial charge >= 0.3 is 5.97 Å². The molecule has 1 aliphatic heterocycles. The van der Waals surface area contributed by atoms with Crippen LogP contribution in [-0.2, 0) is 24.3 Å². The number of primary sulfonamides is 1. The van der Waals surface area contributed by atoms with Gasteiger partial charge < -0.3 is 14.4 Å². The van der Waals surface area contributed by atoms with Crippen LogP contribution in [0.3, 0.4) is 0 Å². The summed E-state index contributed by atoms with van der Waals surface area (Å²) in [5, 5.41) is 5.02. The van der Waals surface area contributed by atoms with Crippen LogP contribution in [0.5, 0.6) is 0 Å². The number of aromatic nitrogens is 1. The number of esters is 1. The van der Waals surface area contributed by atoms with Crippen molar-refractivity contribution in [3.05, 3.63) is 18.3 Å². The van der Waals surface area contributed by atoms with E-state index >= 15 is 0 Å². The first-order chi connectivity index (χ1) is 9.90. The number of nitrogens with two attached hydrogens (primary N) is 1. The third kappa shape index (κ3) is 4.13. The fraction of sp³-hybridized carbons (Fsp3) is 0.500. The zero-order chi connectivity index (χ0) is 15.5. The Morgan fingerprint density at radius 3 is 2.90 bits per heavy atom. The number of methoxy groups -OCH3 is 1. The van der Waals surface area contributed by atoms with Crippen LogP contribution in [0.4, 0.5) is 5.82 Å². The average Bonchev–Trinajstić information content (AvgIpc) is 2.46. The summed E-state index contributed by atoms with van der Waals surface area (Å²) >= 11 is 0. The fourth-order valence-electron chi connectivity index (χ4n) is 2.05. The number of pyridine rings is 1. The highest BCUT2D eigenvalue weighted by Gasteiger charge is 2.24. The highest BCUT2D eigenvalue weighted by Crippen LogP contribution is 2.18. The first-order valence-corrected chi connectivity index (χ1v) is 7.87. The van der Waals surface area contributed by atoms with Gasteiger partial charge in [-0.2, -0.15) is 0 Å². The fourth-order valence-corrected chi connectivity index (χ4v) is 2.51. The number of carbonyl (C=O) groups excluding carboxylic acids is 1. The molecule has 1 aliphatic rings. The highest BCUT2D eigenvalue weighted by atomic mass is 32.2. The van der Waals surface area contributed by atoms with Crippen molar-refractivity contribution in [3.63, 3.8) is 0 Å². The molecule has 116 valence electrons. The monoisotopic (exact) mass is 315 g/mol. The van der Waals surface area contributed by atoms with Crippen molar-refractivity contribution in [1.82, 2.24) is 4.98 Å². The lowest BCUT2D eigenvalue weighted by atomic mass is 10.2. The predicted octanol–water partition coefficient (Wildman–Crippen LogP) is -0.503. The van der Waals surface area contributed by atoms with Crippen LogP contribution in [0.1, 0.15) is 6.42 Å². The van der Waals surface area contributed by atoms with E-state index in [-0.39, 0.29) is 23.4 Å². The van der Waals surface area contributed by atoms with Crippen LogP contribution in [-0.4, -0.2) is 52.3 Å². The Morgan fingerprint density at radius 1 is 1.57 bits per heavy atom. The van der Waals surface area contributed by atoms with Crippen LogP contribution in [0.15, 0.2) is 23.2 Å². The summed E-state index contributed by atoms with van der Waals surface area (Å²) in [5.74, 6) is 0.278. The number of carbonyl (C=O) groups is 1. The summed E-state index contributed by atoms with van der Waals surface area (Å²) < 4.78 is 32.5. The molecule has 21 heavy (non-hydrogen) atoms. The van der Waals surface area contributed by atoms with Gasteiger partial charge in [0.15, 0.2) is 0 Å². The molecular formula is C12H17N3O5S. The number of morpholine rings is 1. The Labute approximate surface area is 122 Å². The minimum Gasteiger partial charge on any atom is -0.469 e. The molecule has 1 aromatic heterocycles. The quantitative estimate of drug-likeness (QED) is 0.745. The second-order valence-electron chi connectivity index (χ2n) is 4.62. The molecule has 2 heterocycles. The number of hydrogen-bond acceptors (Lipinski definition) is 7. The first kappa shape index (κ1) is 15.7. The largest absolute Gasteiger partial charge is 0.469 e. The molecule has 1 fully saturated rings. The zero-order valence-electron chi connectivity index (χ0n) is 11.6. The van der Waals surface area contributed by atoms with Crippen molar-refractivity contribution in [2.45, 2.75) is 17.4 Å². The maximum absolute atomic E-state index is 11.3. The molecular weight excluding hydrogens is 298 g/mol. The maximum Gasteiger partial charge on any atom is 0.308 e. The smallest absolute Gasteiger partial charge is 0.308 e. The molecule has 0 aliphatic carbocycles. The molecule has 8 nitrogen and oxygen atoms in total. The lowest BCUT2D eigenvalue weighted by molar-refractivity contribution is -0.144. The van der Waals surface area contributed by atoms with E-state index in [1.807, 2.05) is 4.90 Å². The Morgan fingerprint density at radius 2 is 2.33 bits per heavy atom. The Kier molecular flexibility index (Phi) is 4.76. The maximum atomic E-state index is 11.3. The number of hydrogen-bond donors (Lipinski definition) is 1. The topological polar surface area (TPSA) is 112 Å². The molecule has 0 aromatic carbocycles. The third-order valence-corrected chi connectivity index (χ3v) is 4.03. The molecule has 0 amide bonds. The van der Waals surface area contributed by atoms with Gasteiger partial charge in [0.25, 0.3) is 0 Å². The molecule has 1 aromatic rings. The van der Waals surface area contributed by atoms with Gasteiger partial charge in [0.2, 0.25) is 10.0 Å². The Bertz CT molecular complexity index is 602. The second kappa shape index (κ2) is 6.37. The Balaban J connectivity index is 2.06. The summed E-state index contributed by atoms with van der Waals surface area (Å²) in [6.45, 7) is 1.55. The van der Waals surface area contributed by atoms with E-state index < -0.39 is 10.0 Å². The summed E-state index contributed by atoms with van der Waals surface area (Å²) in [5.41, 5.74) is 0. The van der Waals surface area contributed by atoms with Crippen LogP contribution < -0.4 is 10.0 Å². The van der Waals surface area contributed by atoms with Crippen molar-refractivity contribution in [1.29, 1.82) is 0 Å².